The summed E-state index contributed by atoms with van der Waals surface area (Å²) >= 11 is 0. The van der Waals surface area contributed by atoms with Crippen molar-refractivity contribution in [2.45, 2.75) is 335 Å². The molecule has 0 aromatic carbocycles. The van der Waals surface area contributed by atoms with Gasteiger partial charge in [-0.1, -0.05) is 221 Å². The van der Waals surface area contributed by atoms with Crippen molar-refractivity contribution in [1.29, 1.82) is 0 Å². The molecule has 4 nitrogen and oxygen atoms in total. The van der Waals surface area contributed by atoms with Crippen molar-refractivity contribution in [3.63, 3.8) is 0 Å². The molecule has 0 heterocycles. The maximum absolute atomic E-state index is 13.4. The van der Waals surface area contributed by atoms with E-state index in [1.807, 2.05) is 0 Å². The van der Waals surface area contributed by atoms with Gasteiger partial charge < -0.3 is 9.47 Å². The number of hydrogen-bond donors (Lipinski definition) is 0. The number of carbonyl (C=O) groups excluding carboxylic acids is 2. The van der Waals surface area contributed by atoms with Crippen LogP contribution in [0.1, 0.15) is 324 Å². The molecule has 4 heteroatoms. The minimum atomic E-state index is -0.257. The molecule has 0 aliphatic heterocycles. The summed E-state index contributed by atoms with van der Waals surface area (Å²) in [6.45, 7) is 13.7. The maximum atomic E-state index is 13.4. The van der Waals surface area contributed by atoms with Crippen LogP contribution in [0.15, 0.2) is 0 Å². The highest BCUT2D eigenvalue weighted by atomic mass is 16.6. The van der Waals surface area contributed by atoms with Crippen LogP contribution in [-0.2, 0) is 19.1 Å². The van der Waals surface area contributed by atoms with Crippen molar-refractivity contribution in [3.8, 4) is 0 Å². The monoisotopic (exact) mass is 819 g/mol. The van der Waals surface area contributed by atoms with E-state index in [2.05, 4.69) is 41.5 Å². The molecule has 0 unspecified atom stereocenters. The van der Waals surface area contributed by atoms with Crippen molar-refractivity contribution in [2.75, 3.05) is 0 Å². The molecule has 58 heavy (non-hydrogen) atoms. The van der Waals surface area contributed by atoms with Crippen molar-refractivity contribution in [1.82, 2.24) is 0 Å². The molecule has 0 aromatic heterocycles. The first-order valence-electron chi connectivity index (χ1n) is 26.8. The first-order chi connectivity index (χ1) is 28.4. The Morgan fingerprint density at radius 2 is 0.431 bits per heavy atom. The highest BCUT2D eigenvalue weighted by molar-refractivity contribution is 5.70. The highest BCUT2D eigenvalue weighted by Gasteiger charge is 2.34. The molecule has 0 N–H and O–H groups in total. The molecule has 0 aliphatic carbocycles. The lowest BCUT2D eigenvalue weighted by molar-refractivity contribution is -0.164. The normalized spacial score (nSPS) is 12.0. The van der Waals surface area contributed by atoms with E-state index in [9.17, 15) is 9.59 Å². The topological polar surface area (TPSA) is 52.6 Å². The molecule has 0 rings (SSSR count). The lowest BCUT2D eigenvalue weighted by Crippen LogP contribution is -2.35. The van der Waals surface area contributed by atoms with Crippen molar-refractivity contribution in [2.24, 2.45) is 0 Å². The Balaban J connectivity index is 5.02. The summed E-state index contributed by atoms with van der Waals surface area (Å²) in [6.07, 6.45) is 51.5. The van der Waals surface area contributed by atoms with Crippen LogP contribution in [-0.4, -0.2) is 23.1 Å². The second-order valence-electron chi connectivity index (χ2n) is 18.9. The fourth-order valence-corrected chi connectivity index (χ4v) is 9.19. The van der Waals surface area contributed by atoms with Gasteiger partial charge in [0.15, 0.2) is 0 Å². The molecule has 0 atom stereocenters. The Bertz CT molecular complexity index is 773. The average molecular weight is 819 g/mol. The molecule has 0 amide bonds. The summed E-state index contributed by atoms with van der Waals surface area (Å²) in [4.78, 5) is 26.9. The Hall–Kier alpha value is -1.06. The van der Waals surface area contributed by atoms with Crippen LogP contribution in [0.5, 0.6) is 0 Å². The van der Waals surface area contributed by atoms with E-state index < -0.39 is 0 Å². The zero-order chi connectivity index (χ0) is 42.7. The fraction of sp³-hybridized carbons (Fsp3) is 0.963. The Morgan fingerprint density at radius 3 is 0.655 bits per heavy atom. The van der Waals surface area contributed by atoms with Gasteiger partial charge >= 0.3 is 11.9 Å². The summed E-state index contributed by atoms with van der Waals surface area (Å²) in [7, 11) is 0. The minimum Gasteiger partial charge on any atom is -0.459 e. The molecule has 0 aromatic rings. The molecule has 0 spiro atoms. The molecule has 0 bridgehead atoms. The zero-order valence-electron chi connectivity index (χ0n) is 40.7. The van der Waals surface area contributed by atoms with Crippen molar-refractivity contribution >= 4 is 11.9 Å². The average Bonchev–Trinajstić information content (AvgIpc) is 3.21. The van der Waals surface area contributed by atoms with E-state index >= 15 is 0 Å². The number of unbranched alkanes of at least 4 members (excludes halogenated alkanes) is 29. The summed E-state index contributed by atoms with van der Waals surface area (Å²) < 4.78 is 13.2. The first kappa shape index (κ1) is 56.9. The van der Waals surface area contributed by atoms with Crippen LogP contribution in [0.25, 0.3) is 0 Å². The predicted molar refractivity (Wildman–Crippen MR) is 255 cm³/mol. The van der Waals surface area contributed by atoms with E-state index in [0.717, 1.165) is 77.0 Å². The highest BCUT2D eigenvalue weighted by Crippen LogP contribution is 2.35. The molecule has 346 valence electrons. The number of rotatable bonds is 47. The summed E-state index contributed by atoms with van der Waals surface area (Å²) in [5.74, 6) is 0.0853. The SMILES string of the molecule is CCCCCCCCCC(CCCCCC)(CCCCCC)OC(=O)CCCCCCCCC(=O)OC(CCCCCC)(CCCCCC)CCCCCCCCC. The minimum absolute atomic E-state index is 0.0426. The molecule has 0 radical (unpaired) electrons. The van der Waals surface area contributed by atoms with E-state index in [1.165, 1.54) is 193 Å². The van der Waals surface area contributed by atoms with Crippen LogP contribution in [0.2, 0.25) is 0 Å². The van der Waals surface area contributed by atoms with Crippen LogP contribution in [0, 0.1) is 0 Å². The number of ether oxygens (including phenoxy) is 2. The second kappa shape index (κ2) is 42.6. The molecular weight excluding hydrogens is 713 g/mol. The van der Waals surface area contributed by atoms with Crippen LogP contribution in [0.3, 0.4) is 0 Å². The van der Waals surface area contributed by atoms with Crippen LogP contribution < -0.4 is 0 Å². The third-order valence-corrected chi connectivity index (χ3v) is 13.1. The van der Waals surface area contributed by atoms with Gasteiger partial charge in [0.25, 0.3) is 0 Å². The lowest BCUT2D eigenvalue weighted by Gasteiger charge is -2.34. The number of esters is 2. The second-order valence-corrected chi connectivity index (χ2v) is 18.9. The van der Waals surface area contributed by atoms with Gasteiger partial charge in [0, 0.05) is 12.8 Å². The molecule has 0 saturated heterocycles. The standard InChI is InChI=1S/C54H106O4/c1-7-13-19-25-29-33-41-49-53(45-37-21-15-9-3,46-38-22-16-10-4)57-51(55)43-35-31-27-28-32-36-44-52(56)58-54(47-39-23-17-11-5,48-40-24-18-12-6)50-42-34-30-26-20-14-8-2/h7-50H2,1-6H3. The quantitative estimate of drug-likeness (QED) is 0.0453. The largest absolute Gasteiger partial charge is 0.459 e. The van der Waals surface area contributed by atoms with E-state index in [0.29, 0.717) is 12.8 Å². The predicted octanol–water partition coefficient (Wildman–Crippen LogP) is 18.8. The van der Waals surface area contributed by atoms with Crippen LogP contribution >= 0.6 is 0 Å². The van der Waals surface area contributed by atoms with Crippen molar-refractivity contribution < 1.29 is 19.1 Å². The van der Waals surface area contributed by atoms with E-state index in [1.54, 1.807) is 0 Å². The first-order valence-corrected chi connectivity index (χ1v) is 26.8. The van der Waals surface area contributed by atoms with Gasteiger partial charge in [-0.2, -0.15) is 0 Å². The summed E-state index contributed by atoms with van der Waals surface area (Å²) in [5.41, 5.74) is -0.513. The number of carbonyl (C=O) groups is 2. The Kier molecular flexibility index (Phi) is 41.8. The zero-order valence-corrected chi connectivity index (χ0v) is 40.7. The molecule has 0 aliphatic rings. The summed E-state index contributed by atoms with van der Waals surface area (Å²) in [6, 6.07) is 0. The Morgan fingerprint density at radius 1 is 0.259 bits per heavy atom. The van der Waals surface area contributed by atoms with Gasteiger partial charge in [0.2, 0.25) is 0 Å². The third-order valence-electron chi connectivity index (χ3n) is 13.1. The summed E-state index contributed by atoms with van der Waals surface area (Å²) in [5, 5.41) is 0. The van der Waals surface area contributed by atoms with E-state index in [-0.39, 0.29) is 23.1 Å². The van der Waals surface area contributed by atoms with E-state index in [4.69, 9.17) is 9.47 Å². The van der Waals surface area contributed by atoms with Crippen molar-refractivity contribution in [3.05, 3.63) is 0 Å². The van der Waals surface area contributed by atoms with Gasteiger partial charge in [-0.3, -0.25) is 9.59 Å². The molecule has 0 saturated carbocycles. The van der Waals surface area contributed by atoms with Gasteiger partial charge in [-0.15, -0.1) is 0 Å². The van der Waals surface area contributed by atoms with Gasteiger partial charge in [0.1, 0.15) is 11.2 Å². The van der Waals surface area contributed by atoms with Gasteiger partial charge in [0.05, 0.1) is 0 Å². The molecule has 0 fully saturated rings. The third kappa shape index (κ3) is 34.6. The smallest absolute Gasteiger partial charge is 0.306 e. The Labute approximate surface area is 365 Å². The van der Waals surface area contributed by atoms with Crippen LogP contribution in [0.4, 0.5) is 0 Å². The van der Waals surface area contributed by atoms with Gasteiger partial charge in [-0.05, 0) is 89.9 Å². The number of hydrogen-bond acceptors (Lipinski definition) is 4. The lowest BCUT2D eigenvalue weighted by atomic mass is 9.84. The van der Waals surface area contributed by atoms with Gasteiger partial charge in [-0.25, -0.2) is 0 Å². The molecular formula is C54H106O4. The maximum Gasteiger partial charge on any atom is 0.306 e. The fourth-order valence-electron chi connectivity index (χ4n) is 9.19.